The molecule has 4 rings (SSSR count). The third-order valence-corrected chi connectivity index (χ3v) is 10.2. The van der Waals surface area contributed by atoms with E-state index in [0.717, 1.165) is 35.6 Å². The van der Waals surface area contributed by atoms with Crippen LogP contribution < -0.4 is 9.62 Å². The van der Waals surface area contributed by atoms with E-state index in [0.29, 0.717) is 25.8 Å². The monoisotopic (exact) mass is 679 g/mol. The van der Waals surface area contributed by atoms with Crippen molar-refractivity contribution in [1.82, 2.24) is 10.2 Å². The number of benzene rings is 3. The van der Waals surface area contributed by atoms with Crippen LogP contribution in [-0.2, 0) is 26.2 Å². The molecule has 7 nitrogen and oxygen atoms in total. The van der Waals surface area contributed by atoms with Crippen LogP contribution in [0.5, 0.6) is 0 Å². The number of nitrogens with one attached hydrogen (secondary N) is 1. The van der Waals surface area contributed by atoms with Crippen LogP contribution in [0.4, 0.5) is 5.69 Å². The minimum Gasteiger partial charge on any atom is -0.352 e. The topological polar surface area (TPSA) is 86.8 Å². The first-order valence-corrected chi connectivity index (χ1v) is 16.3. The Labute approximate surface area is 260 Å². The molecule has 1 fully saturated rings. The van der Waals surface area contributed by atoms with E-state index in [4.69, 9.17) is 23.2 Å². The van der Waals surface area contributed by atoms with Crippen molar-refractivity contribution in [2.45, 2.75) is 63.1 Å². The van der Waals surface area contributed by atoms with Gasteiger partial charge in [-0.15, -0.1) is 0 Å². The highest BCUT2D eigenvalue weighted by atomic mass is 79.9. The lowest BCUT2D eigenvalue weighted by molar-refractivity contribution is -0.139. The largest absolute Gasteiger partial charge is 0.352 e. The SMILES string of the molecule is Cc1ccc(S(=O)(=O)N(CC(=O)N(Cc2c(Cl)cccc2Cl)C(C)C(=O)NC2CCCC2)c2cccc(Br)c2)cc1. The number of halogens is 3. The lowest BCUT2D eigenvalue weighted by Gasteiger charge is -2.33. The summed E-state index contributed by atoms with van der Waals surface area (Å²) in [4.78, 5) is 28.8. The number of carbonyl (C=O) groups is 2. The molecule has 1 N–H and O–H groups in total. The zero-order valence-corrected chi connectivity index (χ0v) is 26.7. The Bertz CT molecular complexity index is 1490. The molecular formula is C30H32BrCl2N3O4S. The van der Waals surface area contributed by atoms with Gasteiger partial charge in [-0.1, -0.05) is 81.8 Å². The molecule has 3 aromatic carbocycles. The smallest absolute Gasteiger partial charge is 0.264 e. The number of sulfonamides is 1. The molecule has 0 radical (unpaired) electrons. The molecule has 0 spiro atoms. The fourth-order valence-corrected chi connectivity index (χ4v) is 7.14. The van der Waals surface area contributed by atoms with E-state index >= 15 is 0 Å². The summed E-state index contributed by atoms with van der Waals surface area (Å²) in [6.45, 7) is 2.87. The summed E-state index contributed by atoms with van der Waals surface area (Å²) >= 11 is 16.3. The standard InChI is InChI=1S/C30H32BrCl2N3O4S/c1-20-13-15-25(16-14-20)41(39,40)36(24-10-5-7-22(31)17-24)19-29(37)35(18-26-27(32)11-6-12-28(26)33)21(2)30(38)34-23-8-3-4-9-23/h5-7,10-17,21,23H,3-4,8-9,18-19H2,1-2H3,(H,34,38). The molecule has 41 heavy (non-hydrogen) atoms. The number of hydrogen-bond acceptors (Lipinski definition) is 4. The van der Waals surface area contributed by atoms with Crippen molar-refractivity contribution in [2.24, 2.45) is 0 Å². The first-order chi connectivity index (χ1) is 19.5. The Kier molecular flexibility index (Phi) is 10.4. The van der Waals surface area contributed by atoms with Gasteiger partial charge in [-0.2, -0.15) is 0 Å². The third kappa shape index (κ3) is 7.63. The Morgan fingerprint density at radius 1 is 1.00 bits per heavy atom. The summed E-state index contributed by atoms with van der Waals surface area (Å²) in [5, 5.41) is 3.73. The summed E-state index contributed by atoms with van der Waals surface area (Å²) in [7, 11) is -4.16. The van der Waals surface area contributed by atoms with Crippen LogP contribution in [0.3, 0.4) is 0 Å². The summed E-state index contributed by atoms with van der Waals surface area (Å²) in [5.41, 5.74) is 1.67. The van der Waals surface area contributed by atoms with Crippen molar-refractivity contribution in [3.05, 3.63) is 92.4 Å². The minimum absolute atomic E-state index is 0.0450. The molecule has 1 saturated carbocycles. The fourth-order valence-electron chi connectivity index (χ4n) is 4.83. The van der Waals surface area contributed by atoms with Gasteiger partial charge in [-0.25, -0.2) is 8.42 Å². The van der Waals surface area contributed by atoms with E-state index in [1.807, 2.05) is 6.92 Å². The van der Waals surface area contributed by atoms with Crippen LogP contribution in [0.15, 0.2) is 76.1 Å². The minimum atomic E-state index is -4.16. The number of amides is 2. The molecule has 1 unspecified atom stereocenters. The van der Waals surface area contributed by atoms with Crippen LogP contribution in [0.25, 0.3) is 0 Å². The number of carbonyl (C=O) groups excluding carboxylic acids is 2. The van der Waals surface area contributed by atoms with Crippen LogP contribution >= 0.6 is 39.1 Å². The van der Waals surface area contributed by atoms with Crippen LogP contribution in [0.1, 0.15) is 43.7 Å². The molecule has 1 aliphatic rings. The number of rotatable bonds is 10. The highest BCUT2D eigenvalue weighted by Gasteiger charge is 2.34. The van der Waals surface area contributed by atoms with Gasteiger partial charge in [-0.05, 0) is 69.2 Å². The van der Waals surface area contributed by atoms with Crippen molar-refractivity contribution in [3.63, 3.8) is 0 Å². The van der Waals surface area contributed by atoms with E-state index in [9.17, 15) is 18.0 Å². The average Bonchev–Trinajstić information content (AvgIpc) is 3.44. The normalized spacial score (nSPS) is 14.5. The third-order valence-electron chi connectivity index (χ3n) is 7.24. The Hall–Kier alpha value is -2.59. The van der Waals surface area contributed by atoms with Gasteiger partial charge >= 0.3 is 0 Å². The van der Waals surface area contributed by atoms with E-state index < -0.39 is 28.5 Å². The lowest BCUT2D eigenvalue weighted by Crippen LogP contribution is -2.52. The molecule has 2 amide bonds. The first kappa shape index (κ1) is 31.3. The van der Waals surface area contributed by atoms with Gasteiger partial charge in [0.05, 0.1) is 10.6 Å². The second-order valence-electron chi connectivity index (χ2n) is 10.2. The van der Waals surface area contributed by atoms with Gasteiger partial charge in [-0.3, -0.25) is 13.9 Å². The van der Waals surface area contributed by atoms with Crippen molar-refractivity contribution in [2.75, 3.05) is 10.8 Å². The van der Waals surface area contributed by atoms with E-state index in [1.54, 1.807) is 61.5 Å². The summed E-state index contributed by atoms with van der Waals surface area (Å²) in [5.74, 6) is -0.894. The molecule has 11 heteroatoms. The maximum Gasteiger partial charge on any atom is 0.264 e. The summed E-state index contributed by atoms with van der Waals surface area (Å²) < 4.78 is 29.6. The van der Waals surface area contributed by atoms with Gasteiger partial charge < -0.3 is 10.2 Å². The van der Waals surface area contributed by atoms with Crippen molar-refractivity contribution in [1.29, 1.82) is 0 Å². The maximum absolute atomic E-state index is 14.1. The number of anilines is 1. The van der Waals surface area contributed by atoms with E-state index in [-0.39, 0.29) is 23.4 Å². The number of hydrogen-bond donors (Lipinski definition) is 1. The molecule has 0 bridgehead atoms. The average molecular weight is 681 g/mol. The number of aryl methyl sites for hydroxylation is 1. The Balaban J connectivity index is 1.72. The van der Waals surface area contributed by atoms with Crippen LogP contribution in [-0.4, -0.2) is 43.8 Å². The molecule has 0 aliphatic heterocycles. The molecule has 0 heterocycles. The van der Waals surface area contributed by atoms with Gasteiger partial charge in [0.25, 0.3) is 10.0 Å². The van der Waals surface area contributed by atoms with Crippen molar-refractivity contribution >= 4 is 66.7 Å². The predicted octanol–water partition coefficient (Wildman–Crippen LogP) is 6.74. The van der Waals surface area contributed by atoms with Crippen LogP contribution in [0, 0.1) is 6.92 Å². The highest BCUT2D eigenvalue weighted by molar-refractivity contribution is 9.10. The summed E-state index contributed by atoms with van der Waals surface area (Å²) in [6, 6.07) is 17.3. The quantitative estimate of drug-likeness (QED) is 0.257. The van der Waals surface area contributed by atoms with Crippen molar-refractivity contribution < 1.29 is 18.0 Å². The van der Waals surface area contributed by atoms with Gasteiger partial charge in [0.2, 0.25) is 11.8 Å². The second-order valence-corrected chi connectivity index (χ2v) is 13.8. The van der Waals surface area contributed by atoms with Crippen molar-refractivity contribution in [3.8, 4) is 0 Å². The van der Waals surface area contributed by atoms with Gasteiger partial charge in [0.15, 0.2) is 0 Å². The first-order valence-electron chi connectivity index (χ1n) is 13.3. The highest BCUT2D eigenvalue weighted by Crippen LogP contribution is 2.29. The predicted molar refractivity (Wildman–Crippen MR) is 167 cm³/mol. The van der Waals surface area contributed by atoms with E-state index in [2.05, 4.69) is 21.2 Å². The number of nitrogens with zero attached hydrogens (tertiary/aromatic N) is 2. The van der Waals surface area contributed by atoms with E-state index in [1.165, 1.54) is 17.0 Å². The van der Waals surface area contributed by atoms with Gasteiger partial charge in [0, 0.05) is 32.7 Å². The lowest BCUT2D eigenvalue weighted by atomic mass is 10.1. The zero-order chi connectivity index (χ0) is 29.7. The second kappa shape index (κ2) is 13.6. The molecule has 0 saturated heterocycles. The molecule has 1 aliphatic carbocycles. The van der Waals surface area contributed by atoms with Crippen LogP contribution in [0.2, 0.25) is 10.0 Å². The maximum atomic E-state index is 14.1. The molecular weight excluding hydrogens is 649 g/mol. The molecule has 0 aromatic heterocycles. The van der Waals surface area contributed by atoms with Gasteiger partial charge in [0.1, 0.15) is 12.6 Å². The molecule has 3 aromatic rings. The Morgan fingerprint density at radius 3 is 2.22 bits per heavy atom. The molecule has 1 atom stereocenters. The molecule has 218 valence electrons. The fraction of sp³-hybridized carbons (Fsp3) is 0.333. The summed E-state index contributed by atoms with van der Waals surface area (Å²) in [6.07, 6.45) is 3.84. The zero-order valence-electron chi connectivity index (χ0n) is 22.8. The Morgan fingerprint density at radius 2 is 1.61 bits per heavy atom.